The Morgan fingerprint density at radius 1 is 1.44 bits per heavy atom. The Hall–Kier alpha value is -1.20. The molecule has 18 heavy (non-hydrogen) atoms. The van der Waals surface area contributed by atoms with E-state index in [2.05, 4.69) is 21.0 Å². The molecule has 1 aromatic carbocycles. The Balaban J connectivity index is 2.21. The molecule has 3 nitrogen and oxygen atoms in total. The van der Waals surface area contributed by atoms with E-state index >= 15 is 0 Å². The Kier molecular flexibility index (Phi) is 3.82. The highest BCUT2D eigenvalue weighted by molar-refractivity contribution is 9.10. The number of nitrogens with two attached hydrogens (primary N) is 1. The van der Waals surface area contributed by atoms with Gasteiger partial charge in [0.05, 0.1) is 17.4 Å². The zero-order chi connectivity index (χ0) is 13.3. The van der Waals surface area contributed by atoms with E-state index in [-0.39, 0.29) is 11.9 Å². The van der Waals surface area contributed by atoms with Crippen LogP contribution in [0.2, 0.25) is 0 Å². The first-order valence-electron chi connectivity index (χ1n) is 5.67. The molecule has 0 radical (unpaired) electrons. The van der Waals surface area contributed by atoms with Crippen molar-refractivity contribution in [1.29, 1.82) is 0 Å². The molecule has 0 saturated carbocycles. The largest absolute Gasteiger partial charge is 0.322 e. The average Bonchev–Trinajstić information content (AvgIpc) is 2.62. The molecule has 1 aromatic heterocycles. The van der Waals surface area contributed by atoms with Gasteiger partial charge >= 0.3 is 0 Å². The van der Waals surface area contributed by atoms with Gasteiger partial charge < -0.3 is 5.73 Å². The molecular weight excluding hydrogens is 297 g/mol. The lowest BCUT2D eigenvalue weighted by atomic mass is 10.0. The van der Waals surface area contributed by atoms with Gasteiger partial charge in [-0.2, -0.15) is 5.10 Å². The molecule has 1 unspecified atom stereocenters. The molecule has 96 valence electrons. The molecule has 0 aliphatic carbocycles. The van der Waals surface area contributed by atoms with Gasteiger partial charge in [-0.15, -0.1) is 0 Å². The summed E-state index contributed by atoms with van der Waals surface area (Å²) < 4.78 is 15.5. The Labute approximate surface area is 114 Å². The second kappa shape index (κ2) is 5.20. The van der Waals surface area contributed by atoms with E-state index in [1.807, 2.05) is 20.0 Å². The molecule has 0 aliphatic rings. The maximum Gasteiger partial charge on any atom is 0.124 e. The molecule has 0 aliphatic heterocycles. The molecule has 2 N–H and O–H groups in total. The first-order chi connectivity index (χ1) is 8.47. The number of benzene rings is 1. The lowest BCUT2D eigenvalue weighted by Gasteiger charge is -2.13. The van der Waals surface area contributed by atoms with Crippen LogP contribution in [0.5, 0.6) is 0 Å². The fourth-order valence-corrected chi connectivity index (χ4v) is 2.52. The highest BCUT2D eigenvalue weighted by atomic mass is 79.9. The summed E-state index contributed by atoms with van der Waals surface area (Å²) in [5, 5.41) is 4.28. The second-order valence-electron chi connectivity index (χ2n) is 4.38. The summed E-state index contributed by atoms with van der Waals surface area (Å²) in [6.45, 7) is 1.93. The van der Waals surface area contributed by atoms with E-state index in [1.165, 1.54) is 12.1 Å². The minimum Gasteiger partial charge on any atom is -0.322 e. The van der Waals surface area contributed by atoms with Crippen LogP contribution in [0, 0.1) is 12.7 Å². The number of aryl methyl sites for hydroxylation is 2. The maximum atomic E-state index is 13.0. The minimum absolute atomic E-state index is 0.155. The molecule has 0 bridgehead atoms. The zero-order valence-corrected chi connectivity index (χ0v) is 11.9. The third kappa shape index (κ3) is 2.79. The normalized spacial score (nSPS) is 12.7. The Bertz CT molecular complexity index is 565. The van der Waals surface area contributed by atoms with Gasteiger partial charge in [0, 0.05) is 11.5 Å². The molecule has 1 heterocycles. The van der Waals surface area contributed by atoms with Crippen LogP contribution in [0.3, 0.4) is 0 Å². The summed E-state index contributed by atoms with van der Waals surface area (Å²) in [4.78, 5) is 0. The highest BCUT2D eigenvalue weighted by Crippen LogP contribution is 2.23. The minimum atomic E-state index is -0.254. The maximum absolute atomic E-state index is 13.0. The summed E-state index contributed by atoms with van der Waals surface area (Å²) in [5.74, 6) is -0.254. The lowest BCUT2D eigenvalue weighted by molar-refractivity contribution is 0.608. The number of halogens is 2. The first kappa shape index (κ1) is 13.2. The predicted octanol–water partition coefficient (Wildman–Crippen LogP) is 2.87. The van der Waals surface area contributed by atoms with Crippen molar-refractivity contribution in [2.45, 2.75) is 19.4 Å². The van der Waals surface area contributed by atoms with Crippen LogP contribution in [0.15, 0.2) is 28.7 Å². The SMILES string of the molecule is Cc1cc(C(N)Cc2ccc(F)cc2Br)n(C)n1. The van der Waals surface area contributed by atoms with Gasteiger partial charge in [-0.25, -0.2) is 4.39 Å². The highest BCUT2D eigenvalue weighted by Gasteiger charge is 2.14. The van der Waals surface area contributed by atoms with Crippen LogP contribution < -0.4 is 5.73 Å². The van der Waals surface area contributed by atoms with Crippen molar-refractivity contribution in [3.05, 3.63) is 51.5 Å². The van der Waals surface area contributed by atoms with Crippen molar-refractivity contribution in [2.75, 3.05) is 0 Å². The molecular formula is C13H15BrFN3. The lowest BCUT2D eigenvalue weighted by Crippen LogP contribution is -2.17. The fraction of sp³-hybridized carbons (Fsp3) is 0.308. The number of rotatable bonds is 3. The number of hydrogen-bond donors (Lipinski definition) is 1. The van der Waals surface area contributed by atoms with E-state index in [1.54, 1.807) is 10.7 Å². The van der Waals surface area contributed by atoms with Crippen molar-refractivity contribution in [3.63, 3.8) is 0 Å². The molecule has 0 saturated heterocycles. The van der Waals surface area contributed by atoms with E-state index in [4.69, 9.17) is 5.73 Å². The van der Waals surface area contributed by atoms with Gasteiger partial charge in [0.15, 0.2) is 0 Å². The van der Waals surface area contributed by atoms with Gasteiger partial charge in [-0.3, -0.25) is 4.68 Å². The van der Waals surface area contributed by atoms with Crippen LogP contribution in [0.25, 0.3) is 0 Å². The summed E-state index contributed by atoms with van der Waals surface area (Å²) in [7, 11) is 1.88. The third-order valence-corrected chi connectivity index (χ3v) is 3.61. The quantitative estimate of drug-likeness (QED) is 0.947. The van der Waals surface area contributed by atoms with Crippen molar-refractivity contribution in [1.82, 2.24) is 9.78 Å². The molecule has 5 heteroatoms. The van der Waals surface area contributed by atoms with E-state index in [9.17, 15) is 4.39 Å². The van der Waals surface area contributed by atoms with Crippen LogP contribution >= 0.6 is 15.9 Å². The number of aromatic nitrogens is 2. The standard InChI is InChI=1S/C13H15BrFN3/c1-8-5-13(18(2)17-8)12(16)6-9-3-4-10(15)7-11(9)14/h3-5,7,12H,6,16H2,1-2H3. The van der Waals surface area contributed by atoms with Gasteiger partial charge in [0.2, 0.25) is 0 Å². The molecule has 0 spiro atoms. The van der Waals surface area contributed by atoms with E-state index in [0.717, 1.165) is 21.4 Å². The summed E-state index contributed by atoms with van der Waals surface area (Å²) in [5.41, 5.74) is 9.08. The van der Waals surface area contributed by atoms with Crippen LogP contribution in [-0.2, 0) is 13.5 Å². The number of hydrogen-bond acceptors (Lipinski definition) is 2. The van der Waals surface area contributed by atoms with E-state index < -0.39 is 0 Å². The fourth-order valence-electron chi connectivity index (χ4n) is 2.01. The molecule has 1 atom stereocenters. The van der Waals surface area contributed by atoms with Crippen LogP contribution in [-0.4, -0.2) is 9.78 Å². The van der Waals surface area contributed by atoms with E-state index in [0.29, 0.717) is 6.42 Å². The Morgan fingerprint density at radius 2 is 2.17 bits per heavy atom. The molecule has 0 fully saturated rings. The number of nitrogens with zero attached hydrogens (tertiary/aromatic N) is 2. The van der Waals surface area contributed by atoms with Crippen molar-refractivity contribution in [2.24, 2.45) is 12.8 Å². The topological polar surface area (TPSA) is 43.8 Å². The average molecular weight is 312 g/mol. The smallest absolute Gasteiger partial charge is 0.124 e. The summed E-state index contributed by atoms with van der Waals surface area (Å²) >= 11 is 3.35. The van der Waals surface area contributed by atoms with Crippen LogP contribution in [0.4, 0.5) is 4.39 Å². The monoisotopic (exact) mass is 311 g/mol. The van der Waals surface area contributed by atoms with Crippen molar-refractivity contribution >= 4 is 15.9 Å². The van der Waals surface area contributed by atoms with Gasteiger partial charge in [0.1, 0.15) is 5.82 Å². The zero-order valence-electron chi connectivity index (χ0n) is 10.3. The van der Waals surface area contributed by atoms with Gasteiger partial charge in [-0.1, -0.05) is 22.0 Å². The summed E-state index contributed by atoms with van der Waals surface area (Å²) in [6, 6.07) is 6.47. The molecule has 2 aromatic rings. The van der Waals surface area contributed by atoms with Crippen molar-refractivity contribution in [3.8, 4) is 0 Å². The molecule has 2 rings (SSSR count). The van der Waals surface area contributed by atoms with Crippen molar-refractivity contribution < 1.29 is 4.39 Å². The van der Waals surface area contributed by atoms with Gasteiger partial charge in [-0.05, 0) is 37.1 Å². The predicted molar refractivity (Wildman–Crippen MR) is 72.7 cm³/mol. The third-order valence-electron chi connectivity index (χ3n) is 2.87. The summed E-state index contributed by atoms with van der Waals surface area (Å²) in [6.07, 6.45) is 0.639. The van der Waals surface area contributed by atoms with Gasteiger partial charge in [0.25, 0.3) is 0 Å². The first-order valence-corrected chi connectivity index (χ1v) is 6.46. The van der Waals surface area contributed by atoms with Crippen LogP contribution in [0.1, 0.15) is 23.0 Å². The molecule has 0 amide bonds. The Morgan fingerprint density at radius 3 is 2.72 bits per heavy atom. The second-order valence-corrected chi connectivity index (χ2v) is 5.23.